The van der Waals surface area contributed by atoms with Crippen LogP contribution in [-0.4, -0.2) is 22.8 Å². The predicted octanol–water partition coefficient (Wildman–Crippen LogP) is 3.83. The van der Waals surface area contributed by atoms with Crippen LogP contribution in [0, 0.1) is 6.92 Å². The van der Waals surface area contributed by atoms with Crippen molar-refractivity contribution in [1.29, 1.82) is 0 Å². The zero-order chi connectivity index (χ0) is 15.1. The lowest BCUT2D eigenvalue weighted by Gasteiger charge is -2.09. The van der Waals surface area contributed by atoms with E-state index in [0.29, 0.717) is 10.7 Å². The molecule has 0 fully saturated rings. The van der Waals surface area contributed by atoms with Crippen molar-refractivity contribution < 1.29 is 14.3 Å². The number of carbonyl (C=O) groups excluding carboxylic acids is 1. The normalized spacial score (nSPS) is 11.0. The van der Waals surface area contributed by atoms with Crippen molar-refractivity contribution in [2.45, 2.75) is 6.92 Å². The zero-order valence-electron chi connectivity index (χ0n) is 11.8. The van der Waals surface area contributed by atoms with E-state index in [-0.39, 0.29) is 5.75 Å². The Hall–Kier alpha value is -2.27. The summed E-state index contributed by atoms with van der Waals surface area (Å²) >= 11 is 6.45. The first-order chi connectivity index (χ1) is 10.0. The Morgan fingerprint density at radius 2 is 2.05 bits per heavy atom. The van der Waals surface area contributed by atoms with Gasteiger partial charge in [0.05, 0.1) is 23.3 Å². The van der Waals surface area contributed by atoms with Crippen LogP contribution < -0.4 is 4.74 Å². The molecule has 3 aromatic rings. The number of nitrogens with zero attached hydrogens (tertiary/aromatic N) is 2. The molecule has 0 aliphatic rings. The molecule has 2 heterocycles. The molecule has 108 valence electrons. The minimum absolute atomic E-state index is 0.229. The third-order valence-electron chi connectivity index (χ3n) is 3.45. The average molecular weight is 305 g/mol. The summed E-state index contributed by atoms with van der Waals surface area (Å²) in [4.78, 5) is 15.9. The Kier molecular flexibility index (Phi) is 3.22. The highest BCUT2D eigenvalue weighted by molar-refractivity contribution is 6.39. The molecular formula is C15H13ClN2O3. The van der Waals surface area contributed by atoms with Gasteiger partial charge in [0, 0.05) is 17.8 Å². The van der Waals surface area contributed by atoms with Crippen LogP contribution in [0.1, 0.15) is 5.69 Å². The molecule has 0 saturated carbocycles. The second-order valence-electron chi connectivity index (χ2n) is 4.67. The van der Waals surface area contributed by atoms with Crippen LogP contribution in [0.15, 0.2) is 24.3 Å². The molecule has 6 heteroatoms. The summed E-state index contributed by atoms with van der Waals surface area (Å²) in [6.45, 7) is 1.74. The van der Waals surface area contributed by atoms with Gasteiger partial charge in [0.2, 0.25) is 0 Å². The fraction of sp³-hybridized carbons (Fsp3) is 0.200. The quantitative estimate of drug-likeness (QED) is 0.641. The Labute approximate surface area is 126 Å². The summed E-state index contributed by atoms with van der Waals surface area (Å²) in [7, 11) is 3.17. The largest absolute Gasteiger partial charge is 0.513 e. The predicted molar refractivity (Wildman–Crippen MR) is 81.0 cm³/mol. The Morgan fingerprint density at radius 3 is 2.76 bits per heavy atom. The number of hydrogen-bond donors (Lipinski definition) is 0. The monoisotopic (exact) mass is 304 g/mol. The number of rotatable bonds is 1. The number of ether oxygens (including phenoxy) is 2. The molecule has 0 spiro atoms. The molecule has 0 unspecified atom stereocenters. The summed E-state index contributed by atoms with van der Waals surface area (Å²) in [6.07, 6.45) is -0.818. The maximum absolute atomic E-state index is 11.4. The highest BCUT2D eigenvalue weighted by atomic mass is 35.5. The Bertz CT molecular complexity index is 870. The number of para-hydroxylation sites is 1. The lowest BCUT2D eigenvalue weighted by molar-refractivity contribution is 0.121. The number of carbonyl (C=O) groups is 1. The van der Waals surface area contributed by atoms with Crippen molar-refractivity contribution in [3.8, 4) is 5.75 Å². The molecule has 0 amide bonds. The fourth-order valence-corrected chi connectivity index (χ4v) is 2.81. The number of pyridine rings is 1. The van der Waals surface area contributed by atoms with Crippen LogP contribution in [0.2, 0.25) is 5.02 Å². The Morgan fingerprint density at radius 1 is 1.33 bits per heavy atom. The van der Waals surface area contributed by atoms with Crippen LogP contribution in [0.4, 0.5) is 4.79 Å². The summed E-state index contributed by atoms with van der Waals surface area (Å²) in [5.41, 5.74) is 2.29. The van der Waals surface area contributed by atoms with Crippen LogP contribution in [-0.2, 0) is 11.8 Å². The third kappa shape index (κ3) is 2.01. The van der Waals surface area contributed by atoms with Gasteiger partial charge >= 0.3 is 6.16 Å². The van der Waals surface area contributed by atoms with E-state index in [0.717, 1.165) is 21.9 Å². The van der Waals surface area contributed by atoms with E-state index >= 15 is 0 Å². The SMILES string of the molecule is COC(=O)Oc1c(C)nc2c(c1Cl)c1ccccc1n2C. The van der Waals surface area contributed by atoms with Gasteiger partial charge in [-0.3, -0.25) is 0 Å². The van der Waals surface area contributed by atoms with E-state index in [1.54, 1.807) is 6.92 Å². The van der Waals surface area contributed by atoms with Gasteiger partial charge in [-0.15, -0.1) is 0 Å². The highest BCUT2D eigenvalue weighted by Crippen LogP contribution is 2.39. The van der Waals surface area contributed by atoms with Gasteiger partial charge in [0.1, 0.15) is 5.65 Å². The van der Waals surface area contributed by atoms with Crippen molar-refractivity contribution in [3.05, 3.63) is 35.0 Å². The van der Waals surface area contributed by atoms with Crippen LogP contribution >= 0.6 is 11.6 Å². The zero-order valence-corrected chi connectivity index (χ0v) is 12.6. The van der Waals surface area contributed by atoms with E-state index in [2.05, 4.69) is 9.72 Å². The molecule has 0 radical (unpaired) electrons. The first kappa shape index (κ1) is 13.7. The van der Waals surface area contributed by atoms with Gasteiger partial charge in [-0.25, -0.2) is 9.78 Å². The molecule has 0 N–H and O–H groups in total. The number of methoxy groups -OCH3 is 1. The average Bonchev–Trinajstić information content (AvgIpc) is 2.77. The number of halogens is 1. The van der Waals surface area contributed by atoms with Crippen molar-refractivity contribution in [3.63, 3.8) is 0 Å². The molecule has 0 bridgehead atoms. The second-order valence-corrected chi connectivity index (χ2v) is 5.05. The van der Waals surface area contributed by atoms with Crippen LogP contribution in [0.3, 0.4) is 0 Å². The molecule has 2 aromatic heterocycles. The van der Waals surface area contributed by atoms with Crippen molar-refractivity contribution in [1.82, 2.24) is 9.55 Å². The third-order valence-corrected chi connectivity index (χ3v) is 3.81. The van der Waals surface area contributed by atoms with Gasteiger partial charge < -0.3 is 14.0 Å². The fourth-order valence-electron chi connectivity index (χ4n) is 2.45. The van der Waals surface area contributed by atoms with Crippen molar-refractivity contribution >= 4 is 39.7 Å². The van der Waals surface area contributed by atoms with E-state index in [9.17, 15) is 4.79 Å². The minimum atomic E-state index is -0.818. The summed E-state index contributed by atoms with van der Waals surface area (Å²) in [5.74, 6) is 0.229. The topological polar surface area (TPSA) is 53.4 Å². The molecule has 0 atom stereocenters. The van der Waals surface area contributed by atoms with Gasteiger partial charge in [-0.05, 0) is 13.0 Å². The summed E-state index contributed by atoms with van der Waals surface area (Å²) < 4.78 is 11.6. The first-order valence-corrected chi connectivity index (χ1v) is 6.71. The molecule has 3 rings (SSSR count). The van der Waals surface area contributed by atoms with E-state index < -0.39 is 6.16 Å². The van der Waals surface area contributed by atoms with E-state index in [1.807, 2.05) is 35.9 Å². The summed E-state index contributed by atoms with van der Waals surface area (Å²) in [6, 6.07) is 7.83. The number of hydrogen-bond acceptors (Lipinski definition) is 4. The van der Waals surface area contributed by atoms with Crippen LogP contribution in [0.5, 0.6) is 5.75 Å². The van der Waals surface area contributed by atoms with E-state index in [1.165, 1.54) is 7.11 Å². The smallest absolute Gasteiger partial charge is 0.437 e. The number of aryl methyl sites for hydroxylation is 2. The van der Waals surface area contributed by atoms with Crippen molar-refractivity contribution in [2.75, 3.05) is 7.11 Å². The lowest BCUT2D eigenvalue weighted by atomic mass is 10.2. The standard InChI is InChI=1S/C15H13ClN2O3/c1-8-13(21-15(19)20-3)12(16)11-9-6-4-5-7-10(9)18(2)14(11)17-8/h4-7H,1-3H3. The van der Waals surface area contributed by atoms with Gasteiger partial charge in [-0.2, -0.15) is 0 Å². The molecule has 5 nitrogen and oxygen atoms in total. The molecule has 21 heavy (non-hydrogen) atoms. The molecule has 0 aliphatic carbocycles. The number of benzene rings is 1. The maximum atomic E-state index is 11.4. The van der Waals surface area contributed by atoms with E-state index in [4.69, 9.17) is 16.3 Å². The molecule has 0 aliphatic heterocycles. The van der Waals surface area contributed by atoms with Crippen LogP contribution in [0.25, 0.3) is 21.9 Å². The van der Waals surface area contributed by atoms with Gasteiger partial charge in [0.15, 0.2) is 5.75 Å². The lowest BCUT2D eigenvalue weighted by Crippen LogP contribution is -2.09. The number of aromatic nitrogens is 2. The van der Waals surface area contributed by atoms with Gasteiger partial charge in [-0.1, -0.05) is 29.8 Å². The highest BCUT2D eigenvalue weighted by Gasteiger charge is 2.20. The maximum Gasteiger partial charge on any atom is 0.513 e. The second kappa shape index (κ2) is 4.93. The minimum Gasteiger partial charge on any atom is -0.437 e. The molecule has 0 saturated heterocycles. The van der Waals surface area contributed by atoms with Crippen molar-refractivity contribution in [2.24, 2.45) is 7.05 Å². The Balaban J connectivity index is 2.38. The number of fused-ring (bicyclic) bond motifs is 3. The summed E-state index contributed by atoms with van der Waals surface area (Å²) in [5, 5.41) is 2.08. The van der Waals surface area contributed by atoms with Gasteiger partial charge in [0.25, 0.3) is 0 Å². The molecular weight excluding hydrogens is 292 g/mol. The molecule has 1 aromatic carbocycles. The first-order valence-electron chi connectivity index (χ1n) is 6.33.